The van der Waals surface area contributed by atoms with Gasteiger partial charge in [0, 0.05) is 19.3 Å². The number of esters is 3. The Labute approximate surface area is 495 Å². The number of unbranched alkanes of at least 4 members (excludes halogenated alkanes) is 58. The summed E-state index contributed by atoms with van der Waals surface area (Å²) in [5, 5.41) is 0. The summed E-state index contributed by atoms with van der Waals surface area (Å²) in [7, 11) is 0. The Morgan fingerprint density at radius 1 is 0.203 bits per heavy atom. The molecule has 0 aromatic heterocycles. The zero-order valence-electron chi connectivity index (χ0n) is 54.2. The van der Waals surface area contributed by atoms with E-state index in [1.807, 2.05) is 0 Å². The molecule has 0 aromatic rings. The quantitative estimate of drug-likeness (QED) is 0.0343. The highest BCUT2D eigenvalue weighted by Crippen LogP contribution is 2.20. The maximum atomic E-state index is 12.9. The third kappa shape index (κ3) is 67.1. The maximum Gasteiger partial charge on any atom is 0.306 e. The second kappa shape index (κ2) is 68.9. The van der Waals surface area contributed by atoms with Gasteiger partial charge in [-0.1, -0.05) is 393 Å². The number of ether oxygens (including phenoxy) is 3. The molecule has 0 saturated carbocycles. The van der Waals surface area contributed by atoms with Crippen LogP contribution in [0.2, 0.25) is 0 Å². The normalized spacial score (nSPS) is 11.9. The van der Waals surface area contributed by atoms with Crippen LogP contribution in [0.4, 0.5) is 0 Å². The molecule has 0 rings (SSSR count). The Bertz CT molecular complexity index is 1190. The lowest BCUT2D eigenvalue weighted by Gasteiger charge is -2.18. The first-order valence-corrected chi connectivity index (χ1v) is 36.5. The highest BCUT2D eigenvalue weighted by Gasteiger charge is 2.20. The Hall–Kier alpha value is -1.59. The third-order valence-corrected chi connectivity index (χ3v) is 17.1. The van der Waals surface area contributed by atoms with Crippen molar-refractivity contribution < 1.29 is 28.6 Å². The van der Waals surface area contributed by atoms with E-state index < -0.39 is 6.10 Å². The average molecular weight is 1120 g/mol. The van der Waals surface area contributed by atoms with Gasteiger partial charge in [0.25, 0.3) is 0 Å². The van der Waals surface area contributed by atoms with Gasteiger partial charge in [-0.3, -0.25) is 14.4 Å². The summed E-state index contributed by atoms with van der Waals surface area (Å²) >= 11 is 0. The Morgan fingerprint density at radius 3 is 0.506 bits per heavy atom. The van der Waals surface area contributed by atoms with Crippen molar-refractivity contribution in [2.75, 3.05) is 13.2 Å². The van der Waals surface area contributed by atoms with Crippen LogP contribution < -0.4 is 0 Å². The van der Waals surface area contributed by atoms with Gasteiger partial charge in [0.05, 0.1) is 0 Å². The number of carbonyl (C=O) groups is 3. The van der Waals surface area contributed by atoms with Gasteiger partial charge in [0.15, 0.2) is 6.10 Å². The standard InChI is InChI=1S/C73H142O6/c1-4-7-10-13-16-19-22-24-26-28-30-32-33-34-35-36-37-38-39-41-42-44-46-48-51-54-57-60-63-66-72(75)78-69-70(68-77-71(74)65-62-59-56-53-50-21-18-15-12-9-6-3)79-73(76)67-64-61-58-55-52-49-47-45-43-40-31-29-27-25-23-20-17-14-11-8-5-2/h70H,4-69H2,1-3H3. The molecule has 0 saturated heterocycles. The molecule has 0 aliphatic carbocycles. The van der Waals surface area contributed by atoms with Crippen molar-refractivity contribution in [3.05, 3.63) is 0 Å². The Morgan fingerprint density at radius 2 is 0.342 bits per heavy atom. The number of hydrogen-bond donors (Lipinski definition) is 0. The summed E-state index contributed by atoms with van der Waals surface area (Å²) in [6, 6.07) is 0. The minimum absolute atomic E-state index is 0.0603. The van der Waals surface area contributed by atoms with Gasteiger partial charge >= 0.3 is 17.9 Å². The molecule has 0 aliphatic rings. The van der Waals surface area contributed by atoms with Crippen molar-refractivity contribution in [2.24, 2.45) is 0 Å². The molecule has 0 aromatic carbocycles. The molecule has 0 N–H and O–H groups in total. The second-order valence-corrected chi connectivity index (χ2v) is 25.2. The van der Waals surface area contributed by atoms with Crippen LogP contribution in [0.1, 0.15) is 432 Å². The summed E-state index contributed by atoms with van der Waals surface area (Å²) in [4.78, 5) is 38.4. The van der Waals surface area contributed by atoms with Crippen LogP contribution in [-0.4, -0.2) is 37.2 Å². The van der Waals surface area contributed by atoms with Crippen LogP contribution >= 0.6 is 0 Å². The summed E-state index contributed by atoms with van der Waals surface area (Å²) in [5.41, 5.74) is 0. The van der Waals surface area contributed by atoms with Crippen LogP contribution in [-0.2, 0) is 28.6 Å². The highest BCUT2D eigenvalue weighted by molar-refractivity contribution is 5.71. The molecule has 79 heavy (non-hydrogen) atoms. The van der Waals surface area contributed by atoms with Gasteiger partial charge in [0.1, 0.15) is 13.2 Å². The average Bonchev–Trinajstić information content (AvgIpc) is 3.45. The maximum absolute atomic E-state index is 12.9. The van der Waals surface area contributed by atoms with Crippen LogP contribution in [0.5, 0.6) is 0 Å². The smallest absolute Gasteiger partial charge is 0.306 e. The number of rotatable bonds is 69. The van der Waals surface area contributed by atoms with Crippen molar-refractivity contribution in [3.8, 4) is 0 Å². The molecule has 0 heterocycles. The van der Waals surface area contributed by atoms with E-state index in [4.69, 9.17) is 14.2 Å². The van der Waals surface area contributed by atoms with Crippen LogP contribution in [0, 0.1) is 0 Å². The molecule has 1 unspecified atom stereocenters. The molecule has 0 amide bonds. The van der Waals surface area contributed by atoms with Crippen molar-refractivity contribution in [3.63, 3.8) is 0 Å². The van der Waals surface area contributed by atoms with E-state index in [0.29, 0.717) is 19.3 Å². The van der Waals surface area contributed by atoms with Crippen LogP contribution in [0.3, 0.4) is 0 Å². The second-order valence-electron chi connectivity index (χ2n) is 25.2. The van der Waals surface area contributed by atoms with Crippen LogP contribution in [0.15, 0.2) is 0 Å². The van der Waals surface area contributed by atoms with E-state index in [-0.39, 0.29) is 31.1 Å². The molecular formula is C73H142O6. The first-order valence-electron chi connectivity index (χ1n) is 36.5. The van der Waals surface area contributed by atoms with Gasteiger partial charge in [-0.05, 0) is 19.3 Å². The predicted molar refractivity (Wildman–Crippen MR) is 344 cm³/mol. The van der Waals surface area contributed by atoms with Crippen molar-refractivity contribution in [1.82, 2.24) is 0 Å². The van der Waals surface area contributed by atoms with E-state index in [2.05, 4.69) is 20.8 Å². The Balaban J connectivity index is 4.09. The number of carbonyl (C=O) groups excluding carboxylic acids is 3. The largest absolute Gasteiger partial charge is 0.462 e. The molecule has 470 valence electrons. The van der Waals surface area contributed by atoms with Gasteiger partial charge in [-0.25, -0.2) is 0 Å². The lowest BCUT2D eigenvalue weighted by Crippen LogP contribution is -2.30. The van der Waals surface area contributed by atoms with E-state index in [1.165, 1.54) is 334 Å². The first-order chi connectivity index (χ1) is 39.0. The topological polar surface area (TPSA) is 78.9 Å². The van der Waals surface area contributed by atoms with E-state index in [9.17, 15) is 14.4 Å². The van der Waals surface area contributed by atoms with Gasteiger partial charge in [-0.15, -0.1) is 0 Å². The summed E-state index contributed by atoms with van der Waals surface area (Å²) in [6.45, 7) is 6.74. The van der Waals surface area contributed by atoms with Crippen LogP contribution in [0.25, 0.3) is 0 Å². The molecule has 0 fully saturated rings. The Kier molecular flexibility index (Phi) is 67.5. The number of hydrogen-bond acceptors (Lipinski definition) is 6. The predicted octanol–water partition coefficient (Wildman–Crippen LogP) is 25.0. The summed E-state index contributed by atoms with van der Waals surface area (Å²) in [5.74, 6) is -0.822. The zero-order valence-corrected chi connectivity index (χ0v) is 54.2. The summed E-state index contributed by atoms with van der Waals surface area (Å²) < 4.78 is 17.0. The highest BCUT2D eigenvalue weighted by atomic mass is 16.6. The minimum Gasteiger partial charge on any atom is -0.462 e. The fourth-order valence-corrected chi connectivity index (χ4v) is 11.6. The molecule has 0 radical (unpaired) electrons. The van der Waals surface area contributed by atoms with Gasteiger partial charge in [-0.2, -0.15) is 0 Å². The van der Waals surface area contributed by atoms with Gasteiger partial charge in [0.2, 0.25) is 0 Å². The molecule has 1 atom stereocenters. The lowest BCUT2D eigenvalue weighted by atomic mass is 10.0. The molecular weight excluding hydrogens is 973 g/mol. The van der Waals surface area contributed by atoms with Crippen molar-refractivity contribution in [2.45, 2.75) is 438 Å². The van der Waals surface area contributed by atoms with Crippen molar-refractivity contribution in [1.29, 1.82) is 0 Å². The molecule has 0 aliphatic heterocycles. The SMILES string of the molecule is CCCCCCCCCCCCCCCCCCCCCCCCCCCCCCCC(=O)OCC(COC(=O)CCCCCCCCCCCCC)OC(=O)CCCCCCCCCCCCCCCCCCCCCCC. The van der Waals surface area contributed by atoms with Crippen molar-refractivity contribution >= 4 is 17.9 Å². The molecule has 6 nitrogen and oxygen atoms in total. The zero-order chi connectivity index (χ0) is 57.1. The van der Waals surface area contributed by atoms with E-state index in [0.717, 1.165) is 57.8 Å². The fraction of sp³-hybridized carbons (Fsp3) is 0.959. The monoisotopic (exact) mass is 1120 g/mol. The first kappa shape index (κ1) is 77.4. The minimum atomic E-state index is -0.763. The lowest BCUT2D eigenvalue weighted by molar-refractivity contribution is -0.167. The van der Waals surface area contributed by atoms with E-state index in [1.54, 1.807) is 0 Å². The summed E-state index contributed by atoms with van der Waals surface area (Å²) in [6.07, 6.45) is 81.6. The fourth-order valence-electron chi connectivity index (χ4n) is 11.6. The molecule has 6 heteroatoms. The van der Waals surface area contributed by atoms with Gasteiger partial charge < -0.3 is 14.2 Å². The third-order valence-electron chi connectivity index (χ3n) is 17.1. The van der Waals surface area contributed by atoms with E-state index >= 15 is 0 Å². The molecule has 0 bridgehead atoms. The molecule has 0 spiro atoms.